The minimum atomic E-state index is 0.550. The van der Waals surface area contributed by atoms with Gasteiger partial charge in [0, 0.05) is 23.2 Å². The molecular weight excluding hydrogens is 364 g/mol. The van der Waals surface area contributed by atoms with Crippen LogP contribution < -0.4 is 0 Å². The number of benzene rings is 1. The molecule has 0 N–H and O–H groups in total. The highest BCUT2D eigenvalue weighted by molar-refractivity contribution is 7.15. The Kier molecular flexibility index (Phi) is 4.73. The van der Waals surface area contributed by atoms with Crippen LogP contribution in [0.1, 0.15) is 53.7 Å². The maximum absolute atomic E-state index is 5.19. The van der Waals surface area contributed by atoms with E-state index in [9.17, 15) is 0 Å². The van der Waals surface area contributed by atoms with Crippen molar-refractivity contribution in [1.82, 2.24) is 19.9 Å². The largest absolute Gasteiger partial charge is 0.306 e. The Labute approximate surface area is 170 Å². The molecule has 1 saturated heterocycles. The lowest BCUT2D eigenvalue weighted by Gasteiger charge is -2.27. The second kappa shape index (κ2) is 7.37. The molecule has 5 rings (SSSR count). The molecule has 0 bridgehead atoms. The number of hydrogen-bond acceptors (Lipinski definition) is 5. The fourth-order valence-corrected chi connectivity index (χ4v) is 5.36. The Morgan fingerprint density at radius 1 is 1.07 bits per heavy atom. The Morgan fingerprint density at radius 2 is 1.89 bits per heavy atom. The highest BCUT2D eigenvalue weighted by Crippen LogP contribution is 2.47. The van der Waals surface area contributed by atoms with Gasteiger partial charge >= 0.3 is 0 Å². The van der Waals surface area contributed by atoms with Gasteiger partial charge in [0.1, 0.15) is 0 Å². The van der Waals surface area contributed by atoms with E-state index in [1.165, 1.54) is 52.3 Å². The van der Waals surface area contributed by atoms with Gasteiger partial charge < -0.3 is 4.90 Å². The van der Waals surface area contributed by atoms with Crippen LogP contribution in [0.2, 0.25) is 0 Å². The third-order valence-corrected chi connectivity index (χ3v) is 7.16. The van der Waals surface area contributed by atoms with Gasteiger partial charge in [-0.25, -0.2) is 15.0 Å². The molecule has 4 nitrogen and oxygen atoms in total. The summed E-state index contributed by atoms with van der Waals surface area (Å²) in [5.74, 6) is 1.15. The molecule has 0 unspecified atom stereocenters. The summed E-state index contributed by atoms with van der Waals surface area (Å²) in [5, 5.41) is 1.26. The molecule has 1 radical (unpaired) electrons. The maximum Gasteiger partial charge on any atom is 0.198 e. The van der Waals surface area contributed by atoms with E-state index in [0.29, 0.717) is 11.8 Å². The summed E-state index contributed by atoms with van der Waals surface area (Å²) in [5.41, 5.74) is 5.84. The highest BCUT2D eigenvalue weighted by Gasteiger charge is 2.31. The summed E-state index contributed by atoms with van der Waals surface area (Å²) < 4.78 is 0. The van der Waals surface area contributed by atoms with Crippen molar-refractivity contribution in [2.24, 2.45) is 0 Å². The zero-order valence-electron chi connectivity index (χ0n) is 16.5. The summed E-state index contributed by atoms with van der Waals surface area (Å²) in [6.45, 7) is 4.43. The highest BCUT2D eigenvalue weighted by atomic mass is 32.1. The number of aryl methyl sites for hydroxylation is 1. The first kappa shape index (κ1) is 18.0. The molecule has 143 valence electrons. The van der Waals surface area contributed by atoms with Crippen LogP contribution in [0.15, 0.2) is 30.5 Å². The van der Waals surface area contributed by atoms with Gasteiger partial charge in [0.25, 0.3) is 0 Å². The zero-order chi connectivity index (χ0) is 19.1. The predicted molar refractivity (Wildman–Crippen MR) is 114 cm³/mol. The first-order chi connectivity index (χ1) is 13.7. The normalized spacial score (nSPS) is 18.5. The van der Waals surface area contributed by atoms with E-state index in [0.717, 1.165) is 24.5 Å². The smallest absolute Gasteiger partial charge is 0.198 e. The van der Waals surface area contributed by atoms with E-state index >= 15 is 0 Å². The molecule has 0 spiro atoms. The quantitative estimate of drug-likeness (QED) is 0.625. The number of piperidine rings is 1. The molecule has 3 heterocycles. The van der Waals surface area contributed by atoms with E-state index in [1.807, 2.05) is 17.5 Å². The van der Waals surface area contributed by atoms with Crippen LogP contribution in [0.5, 0.6) is 0 Å². The first-order valence-electron chi connectivity index (χ1n) is 10.2. The molecular formula is C23H25N4S. The lowest BCUT2D eigenvalue weighted by molar-refractivity contribution is 0.255. The third-order valence-electron chi connectivity index (χ3n) is 5.93. The van der Waals surface area contributed by atoms with Crippen molar-refractivity contribution in [3.63, 3.8) is 0 Å². The Balaban J connectivity index is 1.62. The molecule has 1 aromatic carbocycles. The van der Waals surface area contributed by atoms with Crippen LogP contribution in [0, 0.1) is 13.3 Å². The minimum absolute atomic E-state index is 0.550. The molecule has 1 saturated carbocycles. The summed E-state index contributed by atoms with van der Waals surface area (Å²) >= 11 is 1.84. The predicted octanol–water partition coefficient (Wildman–Crippen LogP) is 5.06. The van der Waals surface area contributed by atoms with Crippen molar-refractivity contribution in [3.05, 3.63) is 52.9 Å². The number of nitrogens with zero attached hydrogens (tertiary/aromatic N) is 4. The number of likely N-dealkylation sites (tertiary alicyclic amines) is 1. The fourth-order valence-electron chi connectivity index (χ4n) is 4.09. The van der Waals surface area contributed by atoms with Gasteiger partial charge in [-0.2, -0.15) is 0 Å². The number of thiazole rings is 1. The molecule has 2 aliphatic rings. The molecule has 0 amide bonds. The van der Waals surface area contributed by atoms with Gasteiger partial charge in [0.15, 0.2) is 6.33 Å². The van der Waals surface area contributed by atoms with Crippen molar-refractivity contribution in [1.29, 1.82) is 0 Å². The maximum atomic E-state index is 5.19. The van der Waals surface area contributed by atoms with Gasteiger partial charge in [-0.3, -0.25) is 0 Å². The molecule has 5 heteroatoms. The fraction of sp³-hybridized carbons (Fsp3) is 0.435. The van der Waals surface area contributed by atoms with Crippen molar-refractivity contribution < 1.29 is 0 Å². The number of aromatic nitrogens is 3. The van der Waals surface area contributed by atoms with Crippen LogP contribution >= 0.6 is 11.3 Å². The second-order valence-electron chi connectivity index (χ2n) is 8.23. The van der Waals surface area contributed by atoms with Crippen molar-refractivity contribution >= 4 is 11.3 Å². The molecule has 2 aromatic heterocycles. The van der Waals surface area contributed by atoms with Gasteiger partial charge in [-0.1, -0.05) is 23.8 Å². The Bertz CT molecular complexity index is 984. The second-order valence-corrected chi connectivity index (χ2v) is 9.26. The molecule has 0 atom stereocenters. The van der Waals surface area contributed by atoms with Crippen LogP contribution in [-0.2, 0) is 0 Å². The van der Waals surface area contributed by atoms with Gasteiger partial charge in [-0.15, -0.1) is 11.3 Å². The first-order valence-corrected chi connectivity index (χ1v) is 11.0. The summed E-state index contributed by atoms with van der Waals surface area (Å²) in [4.78, 5) is 17.6. The summed E-state index contributed by atoms with van der Waals surface area (Å²) in [7, 11) is 2.21. The standard InChI is InChI=1S/C23H25N4S/c1-15-4-3-5-18(12-15)20-22(21-19(16-6-7-16)13-24-14-25-21)28-23(26-20)17-8-10-27(2)11-9-17/h3-5,12-13,16-17H,6-11H2,1-2H3. The van der Waals surface area contributed by atoms with Crippen molar-refractivity contribution in [2.45, 2.75) is 44.4 Å². The molecule has 1 aliphatic heterocycles. The molecule has 3 aromatic rings. The average Bonchev–Trinajstić information content (AvgIpc) is 3.47. The van der Waals surface area contributed by atoms with Gasteiger partial charge in [0.2, 0.25) is 0 Å². The summed E-state index contributed by atoms with van der Waals surface area (Å²) in [6, 6.07) is 8.67. The monoisotopic (exact) mass is 389 g/mol. The average molecular weight is 390 g/mol. The lowest BCUT2D eigenvalue weighted by Crippen LogP contribution is -2.29. The lowest BCUT2D eigenvalue weighted by atomic mass is 9.98. The van der Waals surface area contributed by atoms with Crippen molar-refractivity contribution in [2.75, 3.05) is 20.1 Å². The SMILES string of the molecule is Cc1cccc(-c2nc(C3CCN(C)CC3)sc2-c2n[c]ncc2C2CC2)c1. The molecule has 28 heavy (non-hydrogen) atoms. The Morgan fingerprint density at radius 3 is 2.64 bits per heavy atom. The van der Waals surface area contributed by atoms with E-state index in [1.54, 1.807) is 0 Å². The van der Waals surface area contributed by atoms with Crippen molar-refractivity contribution in [3.8, 4) is 21.8 Å². The Hall–Kier alpha value is -2.11. The van der Waals surface area contributed by atoms with Gasteiger partial charge in [0.05, 0.1) is 21.3 Å². The zero-order valence-corrected chi connectivity index (χ0v) is 17.3. The van der Waals surface area contributed by atoms with Crippen LogP contribution in [0.25, 0.3) is 21.8 Å². The third kappa shape index (κ3) is 3.49. The van der Waals surface area contributed by atoms with E-state index in [2.05, 4.69) is 59.4 Å². The van der Waals surface area contributed by atoms with Crippen LogP contribution in [0.3, 0.4) is 0 Å². The summed E-state index contributed by atoms with van der Waals surface area (Å²) in [6.07, 6.45) is 9.65. The topological polar surface area (TPSA) is 41.9 Å². The van der Waals surface area contributed by atoms with Crippen LogP contribution in [0.4, 0.5) is 0 Å². The van der Waals surface area contributed by atoms with E-state index in [4.69, 9.17) is 4.98 Å². The van der Waals surface area contributed by atoms with E-state index in [-0.39, 0.29) is 0 Å². The molecule has 2 fully saturated rings. The number of rotatable bonds is 4. The minimum Gasteiger partial charge on any atom is -0.306 e. The van der Waals surface area contributed by atoms with Crippen LogP contribution in [-0.4, -0.2) is 40.0 Å². The molecule has 1 aliphatic carbocycles. The van der Waals surface area contributed by atoms with E-state index < -0.39 is 0 Å². The van der Waals surface area contributed by atoms with Gasteiger partial charge in [-0.05, 0) is 64.7 Å². The number of hydrogen-bond donors (Lipinski definition) is 0.